The average Bonchev–Trinajstić information content (AvgIpc) is 3.09. The maximum atomic E-state index is 12.9. The molecule has 3 aliphatic heterocycles. The standard InChI is InChI=1S/C23H34N4O4/c1-2-31-23(30)18-7-6-10-26(15-18)22(29)16-25-12-9-17(14-25)19-13-21(28)27-11-5-3-4-8-20(27)24-19/h13,17-18H,2-12,14-16H2,1H3/t17-,18-/m0/s1. The molecule has 0 radical (unpaired) electrons. The van der Waals surface area contributed by atoms with E-state index >= 15 is 0 Å². The van der Waals surface area contributed by atoms with Crippen molar-refractivity contribution in [1.82, 2.24) is 19.4 Å². The highest BCUT2D eigenvalue weighted by Crippen LogP contribution is 2.26. The average molecular weight is 431 g/mol. The van der Waals surface area contributed by atoms with E-state index in [1.54, 1.807) is 13.0 Å². The number of rotatable bonds is 5. The van der Waals surface area contributed by atoms with Crippen molar-refractivity contribution in [3.8, 4) is 0 Å². The van der Waals surface area contributed by atoms with Gasteiger partial charge in [0.25, 0.3) is 5.56 Å². The van der Waals surface area contributed by atoms with E-state index in [1.165, 1.54) is 0 Å². The number of hydrogen-bond donors (Lipinski definition) is 0. The molecular formula is C23H34N4O4. The number of piperidine rings is 1. The first kappa shape index (κ1) is 22.0. The number of amides is 1. The van der Waals surface area contributed by atoms with Crippen LogP contribution >= 0.6 is 0 Å². The van der Waals surface area contributed by atoms with Crippen LogP contribution in [0.5, 0.6) is 0 Å². The summed E-state index contributed by atoms with van der Waals surface area (Å²) < 4.78 is 6.98. The zero-order chi connectivity index (χ0) is 21.8. The van der Waals surface area contributed by atoms with Crippen LogP contribution in [0.3, 0.4) is 0 Å². The van der Waals surface area contributed by atoms with Gasteiger partial charge in [-0.1, -0.05) is 6.42 Å². The molecule has 0 bridgehead atoms. The van der Waals surface area contributed by atoms with Gasteiger partial charge in [-0.3, -0.25) is 23.9 Å². The molecule has 3 aliphatic rings. The van der Waals surface area contributed by atoms with Gasteiger partial charge in [-0.05, 0) is 45.6 Å². The minimum Gasteiger partial charge on any atom is -0.466 e. The number of ether oxygens (including phenoxy) is 1. The Labute approximate surface area is 183 Å². The highest BCUT2D eigenvalue weighted by Gasteiger charge is 2.32. The number of carbonyl (C=O) groups excluding carboxylic acids is 2. The highest BCUT2D eigenvalue weighted by molar-refractivity contribution is 5.80. The van der Waals surface area contributed by atoms with Crippen molar-refractivity contribution < 1.29 is 14.3 Å². The summed E-state index contributed by atoms with van der Waals surface area (Å²) in [5, 5.41) is 0. The van der Waals surface area contributed by atoms with Gasteiger partial charge >= 0.3 is 5.97 Å². The molecule has 4 rings (SSSR count). The Morgan fingerprint density at radius 1 is 1.10 bits per heavy atom. The van der Waals surface area contributed by atoms with Crippen molar-refractivity contribution in [2.75, 3.05) is 39.3 Å². The maximum absolute atomic E-state index is 12.9. The lowest BCUT2D eigenvalue weighted by Gasteiger charge is -2.32. The van der Waals surface area contributed by atoms with Crippen LogP contribution in [0.2, 0.25) is 0 Å². The van der Waals surface area contributed by atoms with E-state index in [4.69, 9.17) is 9.72 Å². The summed E-state index contributed by atoms with van der Waals surface area (Å²) in [6, 6.07) is 1.71. The first-order valence-corrected chi connectivity index (χ1v) is 11.8. The van der Waals surface area contributed by atoms with Crippen LogP contribution in [0, 0.1) is 5.92 Å². The number of nitrogens with zero attached hydrogens (tertiary/aromatic N) is 4. The van der Waals surface area contributed by atoms with E-state index in [0.717, 1.165) is 76.1 Å². The molecular weight excluding hydrogens is 396 g/mol. The monoisotopic (exact) mass is 430 g/mol. The molecule has 0 aromatic carbocycles. The third kappa shape index (κ3) is 5.17. The Bertz CT molecular complexity index is 868. The highest BCUT2D eigenvalue weighted by atomic mass is 16.5. The summed E-state index contributed by atoms with van der Waals surface area (Å²) in [5.41, 5.74) is 0.947. The molecule has 31 heavy (non-hydrogen) atoms. The van der Waals surface area contributed by atoms with Gasteiger partial charge < -0.3 is 9.64 Å². The van der Waals surface area contributed by atoms with Gasteiger partial charge in [-0.2, -0.15) is 0 Å². The van der Waals surface area contributed by atoms with Gasteiger partial charge in [0.15, 0.2) is 0 Å². The fraction of sp³-hybridized carbons (Fsp3) is 0.739. The van der Waals surface area contributed by atoms with Gasteiger partial charge in [0, 0.05) is 44.6 Å². The predicted octanol–water partition coefficient (Wildman–Crippen LogP) is 1.56. The second kappa shape index (κ2) is 9.94. The third-order valence-electron chi connectivity index (χ3n) is 6.83. The molecule has 4 heterocycles. The molecule has 2 fully saturated rings. The Balaban J connectivity index is 1.35. The summed E-state index contributed by atoms with van der Waals surface area (Å²) in [7, 11) is 0. The predicted molar refractivity (Wildman–Crippen MR) is 116 cm³/mol. The van der Waals surface area contributed by atoms with Crippen LogP contribution in [0.15, 0.2) is 10.9 Å². The van der Waals surface area contributed by atoms with E-state index in [0.29, 0.717) is 26.2 Å². The van der Waals surface area contributed by atoms with E-state index in [-0.39, 0.29) is 29.3 Å². The Kier molecular flexibility index (Phi) is 7.05. The molecule has 2 saturated heterocycles. The SMILES string of the molecule is CCOC(=O)[C@H]1CCCN(C(=O)CN2CC[C@H](c3cc(=O)n4c(n3)CCCCC4)C2)C1. The van der Waals surface area contributed by atoms with E-state index in [9.17, 15) is 14.4 Å². The van der Waals surface area contributed by atoms with Crippen molar-refractivity contribution >= 4 is 11.9 Å². The first-order valence-electron chi connectivity index (χ1n) is 11.8. The smallest absolute Gasteiger partial charge is 0.310 e. The molecule has 0 spiro atoms. The van der Waals surface area contributed by atoms with Gasteiger partial charge in [-0.15, -0.1) is 0 Å². The van der Waals surface area contributed by atoms with Gasteiger partial charge in [0.1, 0.15) is 5.82 Å². The Morgan fingerprint density at radius 3 is 2.81 bits per heavy atom. The summed E-state index contributed by atoms with van der Waals surface area (Å²) in [5.74, 6) is 0.795. The third-order valence-corrected chi connectivity index (χ3v) is 6.83. The minimum absolute atomic E-state index is 0.0646. The lowest BCUT2D eigenvalue weighted by atomic mass is 9.98. The molecule has 0 unspecified atom stereocenters. The number of fused-ring (bicyclic) bond motifs is 1. The normalized spacial score (nSPS) is 24.5. The number of aromatic nitrogens is 2. The number of esters is 1. The van der Waals surface area contributed by atoms with Crippen molar-refractivity contribution in [3.05, 3.63) is 27.9 Å². The summed E-state index contributed by atoms with van der Waals surface area (Å²) in [6.45, 7) is 6.04. The zero-order valence-electron chi connectivity index (χ0n) is 18.6. The number of aryl methyl sites for hydroxylation is 1. The second-order valence-corrected chi connectivity index (χ2v) is 9.05. The van der Waals surface area contributed by atoms with Crippen molar-refractivity contribution in [2.24, 2.45) is 5.92 Å². The van der Waals surface area contributed by atoms with Crippen molar-refractivity contribution in [1.29, 1.82) is 0 Å². The number of likely N-dealkylation sites (tertiary alicyclic amines) is 2. The van der Waals surface area contributed by atoms with Gasteiger partial charge in [-0.25, -0.2) is 4.98 Å². The Morgan fingerprint density at radius 2 is 1.97 bits per heavy atom. The molecule has 1 aromatic rings. The van der Waals surface area contributed by atoms with Crippen LogP contribution in [-0.4, -0.2) is 70.6 Å². The van der Waals surface area contributed by atoms with Gasteiger partial charge in [0.2, 0.25) is 5.91 Å². The lowest BCUT2D eigenvalue weighted by molar-refractivity contribution is -0.151. The molecule has 2 atom stereocenters. The van der Waals surface area contributed by atoms with Crippen LogP contribution in [0.1, 0.15) is 62.9 Å². The molecule has 170 valence electrons. The molecule has 1 amide bonds. The van der Waals surface area contributed by atoms with Crippen LogP contribution < -0.4 is 5.56 Å². The molecule has 1 aromatic heterocycles. The van der Waals surface area contributed by atoms with Crippen molar-refractivity contribution in [2.45, 2.75) is 64.3 Å². The summed E-state index contributed by atoms with van der Waals surface area (Å²) in [4.78, 5) is 46.4. The second-order valence-electron chi connectivity index (χ2n) is 9.05. The first-order chi connectivity index (χ1) is 15.0. The van der Waals surface area contributed by atoms with Crippen molar-refractivity contribution in [3.63, 3.8) is 0 Å². The van der Waals surface area contributed by atoms with Crippen LogP contribution in [0.25, 0.3) is 0 Å². The summed E-state index contributed by atoms with van der Waals surface area (Å²) >= 11 is 0. The largest absolute Gasteiger partial charge is 0.466 e. The number of hydrogen-bond acceptors (Lipinski definition) is 6. The molecule has 0 N–H and O–H groups in total. The minimum atomic E-state index is -0.208. The molecule has 0 aliphatic carbocycles. The molecule has 8 nitrogen and oxygen atoms in total. The maximum Gasteiger partial charge on any atom is 0.310 e. The lowest BCUT2D eigenvalue weighted by Crippen LogP contribution is -2.46. The fourth-order valence-corrected chi connectivity index (χ4v) is 5.11. The fourth-order valence-electron chi connectivity index (χ4n) is 5.11. The Hall–Kier alpha value is -2.22. The zero-order valence-corrected chi connectivity index (χ0v) is 18.6. The van der Waals surface area contributed by atoms with E-state index in [1.807, 2.05) is 9.47 Å². The van der Waals surface area contributed by atoms with E-state index < -0.39 is 0 Å². The van der Waals surface area contributed by atoms with E-state index in [2.05, 4.69) is 4.90 Å². The topological polar surface area (TPSA) is 84.7 Å². The molecule has 0 saturated carbocycles. The molecule has 8 heteroatoms. The number of carbonyl (C=O) groups is 2. The van der Waals surface area contributed by atoms with Gasteiger partial charge in [0.05, 0.1) is 24.8 Å². The van der Waals surface area contributed by atoms with Crippen LogP contribution in [-0.2, 0) is 27.3 Å². The quantitative estimate of drug-likeness (QED) is 0.659. The summed E-state index contributed by atoms with van der Waals surface area (Å²) in [6.07, 6.45) is 6.67. The van der Waals surface area contributed by atoms with Crippen LogP contribution in [0.4, 0.5) is 0 Å².